The Hall–Kier alpha value is -2.45. The Morgan fingerprint density at radius 3 is 2.43 bits per heavy atom. The highest BCUT2D eigenvalue weighted by Crippen LogP contribution is 2.32. The molecule has 0 aromatic heterocycles. The van der Waals surface area contributed by atoms with Crippen LogP contribution in [-0.2, 0) is 0 Å². The van der Waals surface area contributed by atoms with Gasteiger partial charge in [0, 0.05) is 11.6 Å². The fourth-order valence-electron chi connectivity index (χ4n) is 1.89. The Morgan fingerprint density at radius 1 is 1.14 bits per heavy atom. The summed E-state index contributed by atoms with van der Waals surface area (Å²) in [4.78, 5) is 0. The van der Waals surface area contributed by atoms with Gasteiger partial charge in [-0.2, -0.15) is 5.26 Å². The predicted octanol–water partition coefficient (Wildman–Crippen LogP) is 3.96. The van der Waals surface area contributed by atoms with Crippen LogP contribution in [0.3, 0.4) is 0 Å². The number of rotatable bonds is 3. The first-order chi connectivity index (χ1) is 9.92. The molecular weight excluding hydrogens is 274 g/mol. The van der Waals surface area contributed by atoms with E-state index in [4.69, 9.17) is 15.7 Å². The van der Waals surface area contributed by atoms with E-state index in [2.05, 4.69) is 0 Å². The van der Waals surface area contributed by atoms with Crippen molar-refractivity contribution in [3.63, 3.8) is 0 Å². The van der Waals surface area contributed by atoms with E-state index in [-0.39, 0.29) is 11.3 Å². The molecule has 0 aliphatic rings. The van der Waals surface area contributed by atoms with Gasteiger partial charge in [0.15, 0.2) is 11.6 Å². The first-order valence-corrected chi connectivity index (χ1v) is 6.35. The van der Waals surface area contributed by atoms with Gasteiger partial charge in [-0.25, -0.2) is 8.78 Å². The van der Waals surface area contributed by atoms with Crippen LogP contribution < -0.4 is 10.5 Å². The lowest BCUT2D eigenvalue weighted by molar-refractivity contribution is 0.432. The number of nitrogens with two attached hydrogens (primary N) is 1. The lowest BCUT2D eigenvalue weighted by atomic mass is 10.0. The molecule has 0 bridgehead atoms. The maximum Gasteiger partial charge on any atom is 0.167 e. The third-order valence-corrected chi connectivity index (χ3v) is 3.06. The van der Waals surface area contributed by atoms with Gasteiger partial charge in [0.2, 0.25) is 0 Å². The molecule has 2 rings (SSSR count). The summed E-state index contributed by atoms with van der Waals surface area (Å²) in [5.41, 5.74) is 6.81. The molecule has 0 fully saturated rings. The van der Waals surface area contributed by atoms with Crippen molar-refractivity contribution in [1.29, 1.82) is 5.26 Å². The molecule has 1 atom stereocenters. The van der Waals surface area contributed by atoms with Gasteiger partial charge in [-0.05, 0) is 49.7 Å². The van der Waals surface area contributed by atoms with Crippen LogP contribution in [0.4, 0.5) is 8.78 Å². The van der Waals surface area contributed by atoms with Crippen molar-refractivity contribution in [1.82, 2.24) is 0 Å². The molecule has 0 saturated carbocycles. The lowest BCUT2D eigenvalue weighted by Crippen LogP contribution is -2.08. The zero-order chi connectivity index (χ0) is 15.6. The summed E-state index contributed by atoms with van der Waals surface area (Å²) in [7, 11) is 0. The number of halogens is 2. The largest absolute Gasteiger partial charge is 0.454 e. The average molecular weight is 288 g/mol. The molecule has 0 heterocycles. The standard InChI is InChI=1S/C16H14F2N2O/c1-9-5-16(12(10(2)20)7-13(9)17)21-15-4-3-11(8-19)6-14(15)18/h3-7,10H,20H2,1-2H3/t10-/m0/s1. The van der Waals surface area contributed by atoms with Crippen molar-refractivity contribution >= 4 is 0 Å². The van der Waals surface area contributed by atoms with Crippen LogP contribution in [-0.4, -0.2) is 0 Å². The SMILES string of the molecule is Cc1cc(Oc2ccc(C#N)cc2F)c([C@H](C)N)cc1F. The molecule has 0 unspecified atom stereocenters. The van der Waals surface area contributed by atoms with Gasteiger partial charge in [-0.3, -0.25) is 0 Å². The van der Waals surface area contributed by atoms with E-state index in [0.717, 1.165) is 6.07 Å². The summed E-state index contributed by atoms with van der Waals surface area (Å²) in [6.45, 7) is 3.27. The predicted molar refractivity (Wildman–Crippen MR) is 74.9 cm³/mol. The Balaban J connectivity index is 2.44. The second-order valence-corrected chi connectivity index (χ2v) is 4.79. The minimum atomic E-state index is -0.661. The van der Waals surface area contributed by atoms with Crippen LogP contribution in [0.1, 0.15) is 29.7 Å². The van der Waals surface area contributed by atoms with Crippen molar-refractivity contribution in [3.05, 3.63) is 58.7 Å². The molecule has 0 aliphatic carbocycles. The average Bonchev–Trinajstić information content (AvgIpc) is 2.44. The highest BCUT2D eigenvalue weighted by Gasteiger charge is 2.15. The minimum absolute atomic E-state index is 0.0399. The third kappa shape index (κ3) is 3.18. The van der Waals surface area contributed by atoms with Gasteiger partial charge in [0.05, 0.1) is 11.6 Å². The number of benzene rings is 2. The Bertz CT molecular complexity index is 721. The van der Waals surface area contributed by atoms with Gasteiger partial charge >= 0.3 is 0 Å². The molecule has 108 valence electrons. The van der Waals surface area contributed by atoms with Crippen molar-refractivity contribution in [2.24, 2.45) is 5.73 Å². The van der Waals surface area contributed by atoms with Crippen LogP contribution in [0, 0.1) is 29.9 Å². The van der Waals surface area contributed by atoms with Crippen molar-refractivity contribution in [3.8, 4) is 17.6 Å². The molecule has 2 aromatic rings. The molecule has 5 heteroatoms. The highest BCUT2D eigenvalue weighted by molar-refractivity contribution is 5.44. The number of nitriles is 1. The number of hydrogen-bond acceptors (Lipinski definition) is 3. The number of nitrogens with zero attached hydrogens (tertiary/aromatic N) is 1. The quantitative estimate of drug-likeness (QED) is 0.930. The van der Waals surface area contributed by atoms with Gasteiger partial charge in [0.1, 0.15) is 11.6 Å². The topological polar surface area (TPSA) is 59.0 Å². The fraction of sp³-hybridized carbons (Fsp3) is 0.188. The van der Waals surface area contributed by atoms with E-state index in [0.29, 0.717) is 16.9 Å². The second-order valence-electron chi connectivity index (χ2n) is 4.79. The minimum Gasteiger partial charge on any atom is -0.454 e. The molecular formula is C16H14F2N2O. The highest BCUT2D eigenvalue weighted by atomic mass is 19.1. The van der Waals surface area contributed by atoms with Crippen molar-refractivity contribution in [2.75, 3.05) is 0 Å². The smallest absolute Gasteiger partial charge is 0.167 e. The van der Waals surface area contributed by atoms with E-state index in [1.807, 2.05) is 6.07 Å². The van der Waals surface area contributed by atoms with Gasteiger partial charge in [-0.1, -0.05) is 0 Å². The van der Waals surface area contributed by atoms with Crippen LogP contribution in [0.5, 0.6) is 11.5 Å². The maximum absolute atomic E-state index is 13.9. The summed E-state index contributed by atoms with van der Waals surface area (Å²) in [6.07, 6.45) is 0. The third-order valence-electron chi connectivity index (χ3n) is 3.06. The maximum atomic E-state index is 13.9. The lowest BCUT2D eigenvalue weighted by Gasteiger charge is -2.15. The summed E-state index contributed by atoms with van der Waals surface area (Å²) in [5.74, 6) is -0.795. The zero-order valence-electron chi connectivity index (χ0n) is 11.7. The van der Waals surface area contributed by atoms with Crippen LogP contribution in [0.2, 0.25) is 0 Å². The summed E-state index contributed by atoms with van der Waals surface area (Å²) in [5, 5.41) is 8.71. The van der Waals surface area contributed by atoms with E-state index in [9.17, 15) is 8.78 Å². The number of aryl methyl sites for hydroxylation is 1. The van der Waals surface area contributed by atoms with Crippen molar-refractivity contribution in [2.45, 2.75) is 19.9 Å². The second kappa shape index (κ2) is 5.90. The molecule has 0 aliphatic heterocycles. The Morgan fingerprint density at radius 2 is 1.86 bits per heavy atom. The van der Waals surface area contributed by atoms with E-state index < -0.39 is 17.7 Å². The molecule has 2 aromatic carbocycles. The van der Waals surface area contributed by atoms with E-state index >= 15 is 0 Å². The van der Waals surface area contributed by atoms with Gasteiger partial charge in [0.25, 0.3) is 0 Å². The summed E-state index contributed by atoms with van der Waals surface area (Å²) < 4.78 is 33.0. The number of ether oxygens (including phenoxy) is 1. The Kier molecular flexibility index (Phi) is 4.20. The monoisotopic (exact) mass is 288 g/mol. The fourth-order valence-corrected chi connectivity index (χ4v) is 1.89. The van der Waals surface area contributed by atoms with E-state index in [1.165, 1.54) is 24.3 Å². The normalized spacial score (nSPS) is 11.8. The molecule has 0 saturated heterocycles. The molecule has 0 spiro atoms. The van der Waals surface area contributed by atoms with Crippen LogP contribution in [0.25, 0.3) is 0 Å². The van der Waals surface area contributed by atoms with E-state index in [1.54, 1.807) is 13.8 Å². The number of hydrogen-bond donors (Lipinski definition) is 1. The van der Waals surface area contributed by atoms with Crippen molar-refractivity contribution < 1.29 is 13.5 Å². The molecule has 21 heavy (non-hydrogen) atoms. The summed E-state index contributed by atoms with van der Waals surface area (Å²) in [6, 6.07) is 8.03. The molecule has 0 radical (unpaired) electrons. The van der Waals surface area contributed by atoms with Crippen LogP contribution in [0.15, 0.2) is 30.3 Å². The Labute approximate surface area is 121 Å². The first-order valence-electron chi connectivity index (χ1n) is 6.35. The molecule has 3 nitrogen and oxygen atoms in total. The zero-order valence-corrected chi connectivity index (χ0v) is 11.7. The first kappa shape index (κ1) is 14.9. The molecule has 0 amide bonds. The summed E-state index contributed by atoms with van der Waals surface area (Å²) >= 11 is 0. The van der Waals surface area contributed by atoms with Crippen LogP contribution >= 0.6 is 0 Å². The van der Waals surface area contributed by atoms with Gasteiger partial charge < -0.3 is 10.5 Å². The molecule has 2 N–H and O–H groups in total. The van der Waals surface area contributed by atoms with Gasteiger partial charge in [-0.15, -0.1) is 0 Å².